The van der Waals surface area contributed by atoms with Gasteiger partial charge in [0.05, 0.1) is 0 Å². The van der Waals surface area contributed by atoms with Crippen LogP contribution < -0.4 is 5.32 Å². The Morgan fingerprint density at radius 2 is 1.95 bits per heavy atom. The first-order valence-corrected chi connectivity index (χ1v) is 6.94. The number of H-pyrrole nitrogens is 1. The van der Waals surface area contributed by atoms with Gasteiger partial charge < -0.3 is 10.3 Å². The average Bonchev–Trinajstić information content (AvgIpc) is 2.82. The highest BCUT2D eigenvalue weighted by molar-refractivity contribution is 5.85. The van der Waals surface area contributed by atoms with Crippen LogP contribution in [-0.4, -0.2) is 23.6 Å². The van der Waals surface area contributed by atoms with Crippen LogP contribution in [0.15, 0.2) is 48.7 Å². The summed E-state index contributed by atoms with van der Waals surface area (Å²) >= 11 is 0. The lowest BCUT2D eigenvalue weighted by Gasteiger charge is -2.17. The van der Waals surface area contributed by atoms with Crippen LogP contribution in [0.3, 0.4) is 0 Å². The summed E-state index contributed by atoms with van der Waals surface area (Å²) < 4.78 is 0. The van der Waals surface area contributed by atoms with E-state index in [0.29, 0.717) is 0 Å². The third-order valence-electron chi connectivity index (χ3n) is 3.74. The number of benzene rings is 1. The minimum absolute atomic E-state index is 0.261. The maximum absolute atomic E-state index is 4.55. The lowest BCUT2D eigenvalue weighted by atomic mass is 9.92. The van der Waals surface area contributed by atoms with E-state index < -0.39 is 0 Å². The largest absolute Gasteiger partial charge is 0.358 e. The predicted molar refractivity (Wildman–Crippen MR) is 83.0 cm³/mol. The van der Waals surface area contributed by atoms with Gasteiger partial charge in [-0.2, -0.15) is 0 Å². The quantitative estimate of drug-likeness (QED) is 0.760. The summed E-state index contributed by atoms with van der Waals surface area (Å²) in [6.07, 6.45) is 1.86. The molecule has 0 aliphatic heterocycles. The van der Waals surface area contributed by atoms with Gasteiger partial charge in [-0.1, -0.05) is 24.3 Å². The third-order valence-corrected chi connectivity index (χ3v) is 3.74. The fraction of sp³-hybridized carbons (Fsp3) is 0.235. The highest BCUT2D eigenvalue weighted by atomic mass is 14.8. The van der Waals surface area contributed by atoms with E-state index in [0.717, 1.165) is 12.2 Å². The van der Waals surface area contributed by atoms with E-state index in [4.69, 9.17) is 0 Å². The minimum Gasteiger partial charge on any atom is -0.358 e. The van der Waals surface area contributed by atoms with E-state index in [2.05, 4.69) is 58.6 Å². The standard InChI is InChI=1S/C17H19N3/c1-12-17(13-7-3-4-9-16(13)20-12)14(11-18-2)15-8-5-6-10-19-15/h3-10,14,18,20H,11H2,1-2H3. The van der Waals surface area contributed by atoms with E-state index in [1.807, 2.05) is 19.3 Å². The first kappa shape index (κ1) is 12.9. The fourth-order valence-electron chi connectivity index (χ4n) is 2.89. The number of rotatable bonds is 4. The van der Waals surface area contributed by atoms with Gasteiger partial charge in [-0.05, 0) is 37.7 Å². The smallest absolute Gasteiger partial charge is 0.0492 e. The Hall–Kier alpha value is -2.13. The predicted octanol–water partition coefficient (Wildman–Crippen LogP) is 3.22. The topological polar surface area (TPSA) is 40.7 Å². The summed E-state index contributed by atoms with van der Waals surface area (Å²) in [5.74, 6) is 0.261. The molecule has 0 aliphatic rings. The van der Waals surface area contributed by atoms with E-state index in [-0.39, 0.29) is 5.92 Å². The minimum atomic E-state index is 0.261. The van der Waals surface area contributed by atoms with Gasteiger partial charge in [0.1, 0.15) is 0 Å². The molecule has 0 saturated carbocycles. The Labute approximate surface area is 119 Å². The molecule has 20 heavy (non-hydrogen) atoms. The lowest BCUT2D eigenvalue weighted by Crippen LogP contribution is -2.19. The van der Waals surface area contributed by atoms with Crippen molar-refractivity contribution in [1.82, 2.24) is 15.3 Å². The number of hydrogen-bond acceptors (Lipinski definition) is 2. The number of para-hydroxylation sites is 1. The Morgan fingerprint density at radius 3 is 2.70 bits per heavy atom. The molecule has 3 heteroatoms. The van der Waals surface area contributed by atoms with Crippen molar-refractivity contribution in [2.24, 2.45) is 0 Å². The molecule has 3 rings (SSSR count). The van der Waals surface area contributed by atoms with E-state index in [1.54, 1.807) is 0 Å². The fourth-order valence-corrected chi connectivity index (χ4v) is 2.89. The zero-order valence-corrected chi connectivity index (χ0v) is 11.9. The van der Waals surface area contributed by atoms with Crippen molar-refractivity contribution < 1.29 is 0 Å². The summed E-state index contributed by atoms with van der Waals surface area (Å²) in [5.41, 5.74) is 4.86. The second-order valence-electron chi connectivity index (χ2n) is 5.07. The number of aromatic amines is 1. The molecule has 1 unspecified atom stereocenters. The number of nitrogens with one attached hydrogen (secondary N) is 2. The molecular formula is C17H19N3. The monoisotopic (exact) mass is 265 g/mol. The van der Waals surface area contributed by atoms with Gasteiger partial charge >= 0.3 is 0 Å². The molecule has 0 saturated heterocycles. The maximum atomic E-state index is 4.55. The van der Waals surface area contributed by atoms with Crippen LogP contribution in [0.2, 0.25) is 0 Å². The molecule has 0 aliphatic carbocycles. The molecular weight excluding hydrogens is 246 g/mol. The molecule has 3 nitrogen and oxygen atoms in total. The molecule has 3 aromatic rings. The van der Waals surface area contributed by atoms with Crippen LogP contribution in [-0.2, 0) is 0 Å². The van der Waals surface area contributed by atoms with Crippen molar-refractivity contribution in [3.05, 3.63) is 65.6 Å². The second kappa shape index (κ2) is 5.47. The molecule has 102 valence electrons. The van der Waals surface area contributed by atoms with Crippen molar-refractivity contribution >= 4 is 10.9 Å². The van der Waals surface area contributed by atoms with Gasteiger partial charge in [0, 0.05) is 41.0 Å². The normalized spacial score (nSPS) is 12.7. The van der Waals surface area contributed by atoms with Crippen molar-refractivity contribution in [1.29, 1.82) is 0 Å². The molecule has 0 spiro atoms. The van der Waals surface area contributed by atoms with Crippen LogP contribution in [0.4, 0.5) is 0 Å². The van der Waals surface area contributed by atoms with Crippen LogP contribution in [0.1, 0.15) is 22.9 Å². The Bertz CT molecular complexity index is 701. The second-order valence-corrected chi connectivity index (χ2v) is 5.07. The first-order valence-electron chi connectivity index (χ1n) is 6.94. The number of nitrogens with zero attached hydrogens (tertiary/aromatic N) is 1. The van der Waals surface area contributed by atoms with Crippen LogP contribution in [0.25, 0.3) is 10.9 Å². The summed E-state index contributed by atoms with van der Waals surface area (Å²) in [6, 6.07) is 14.6. The lowest BCUT2D eigenvalue weighted by molar-refractivity contribution is 0.692. The number of pyridine rings is 1. The number of aryl methyl sites for hydroxylation is 1. The Kier molecular flexibility index (Phi) is 3.52. The number of likely N-dealkylation sites (N-methyl/N-ethyl adjacent to an activating group) is 1. The molecule has 2 heterocycles. The molecule has 0 amide bonds. The van der Waals surface area contributed by atoms with E-state index in [1.165, 1.54) is 22.2 Å². The molecule has 1 atom stereocenters. The van der Waals surface area contributed by atoms with Gasteiger partial charge in [0.15, 0.2) is 0 Å². The molecule has 0 fully saturated rings. The number of fused-ring (bicyclic) bond motifs is 1. The van der Waals surface area contributed by atoms with Crippen LogP contribution >= 0.6 is 0 Å². The number of aromatic nitrogens is 2. The van der Waals surface area contributed by atoms with Crippen LogP contribution in [0.5, 0.6) is 0 Å². The SMILES string of the molecule is CNCC(c1ccccn1)c1c(C)[nH]c2ccccc12. The molecule has 2 aromatic heterocycles. The first-order chi connectivity index (χ1) is 9.81. The Balaban J connectivity index is 2.17. The molecule has 2 N–H and O–H groups in total. The maximum Gasteiger partial charge on any atom is 0.0492 e. The van der Waals surface area contributed by atoms with Crippen molar-refractivity contribution in [3.8, 4) is 0 Å². The van der Waals surface area contributed by atoms with E-state index in [9.17, 15) is 0 Å². The highest BCUT2D eigenvalue weighted by Gasteiger charge is 2.20. The van der Waals surface area contributed by atoms with E-state index >= 15 is 0 Å². The van der Waals surface area contributed by atoms with Gasteiger partial charge in [0.25, 0.3) is 0 Å². The van der Waals surface area contributed by atoms with Gasteiger partial charge in [0.2, 0.25) is 0 Å². The summed E-state index contributed by atoms with van der Waals surface area (Å²) in [5, 5.41) is 4.58. The van der Waals surface area contributed by atoms with Gasteiger partial charge in [-0.3, -0.25) is 4.98 Å². The van der Waals surface area contributed by atoms with Gasteiger partial charge in [-0.25, -0.2) is 0 Å². The summed E-state index contributed by atoms with van der Waals surface area (Å²) in [4.78, 5) is 8.03. The van der Waals surface area contributed by atoms with Crippen molar-refractivity contribution in [3.63, 3.8) is 0 Å². The molecule has 0 bridgehead atoms. The summed E-state index contributed by atoms with van der Waals surface area (Å²) in [6.45, 7) is 3.01. The highest BCUT2D eigenvalue weighted by Crippen LogP contribution is 2.32. The summed E-state index contributed by atoms with van der Waals surface area (Å²) in [7, 11) is 1.99. The van der Waals surface area contributed by atoms with Crippen molar-refractivity contribution in [2.45, 2.75) is 12.8 Å². The Morgan fingerprint density at radius 1 is 1.15 bits per heavy atom. The molecule has 0 radical (unpaired) electrons. The zero-order chi connectivity index (χ0) is 13.9. The van der Waals surface area contributed by atoms with Crippen molar-refractivity contribution in [2.75, 3.05) is 13.6 Å². The molecule has 1 aromatic carbocycles. The number of hydrogen-bond donors (Lipinski definition) is 2. The van der Waals surface area contributed by atoms with Crippen LogP contribution in [0, 0.1) is 6.92 Å². The average molecular weight is 265 g/mol. The third kappa shape index (κ3) is 2.21. The van der Waals surface area contributed by atoms with Gasteiger partial charge in [-0.15, -0.1) is 0 Å². The zero-order valence-electron chi connectivity index (χ0n) is 11.9.